The number of esters is 1. The first-order valence-corrected chi connectivity index (χ1v) is 3.26. The highest BCUT2D eigenvalue weighted by Crippen LogP contribution is 2.20. The number of carbonyl (C=O) groups excluding carboxylic acids is 1. The number of hydrogen-bond donors (Lipinski definition) is 2. The van der Waals surface area contributed by atoms with Crippen LogP contribution in [-0.4, -0.2) is 36.8 Å². The molecule has 0 bridgehead atoms. The number of rotatable bonds is 4. The van der Waals surface area contributed by atoms with Crippen LogP contribution in [0.5, 0.6) is 0 Å². The van der Waals surface area contributed by atoms with Gasteiger partial charge in [-0.15, -0.1) is 0 Å². The Kier molecular flexibility index (Phi) is 4.05. The van der Waals surface area contributed by atoms with Crippen LogP contribution in [0.3, 0.4) is 0 Å². The fraction of sp³-hybridized carbons (Fsp3) is 0.833. The predicted octanol–water partition coefficient (Wildman–Crippen LogP) is -0.496. The van der Waals surface area contributed by atoms with Gasteiger partial charge in [-0.25, -0.2) is 4.79 Å². The molecule has 4 nitrogen and oxygen atoms in total. The molecule has 1 unspecified atom stereocenters. The maximum absolute atomic E-state index is 12.6. The van der Waals surface area contributed by atoms with Crippen LogP contribution in [-0.2, 0) is 9.53 Å². The van der Waals surface area contributed by atoms with Crippen molar-refractivity contribution >= 4 is 5.97 Å². The number of ether oxygens (including phenoxy) is 1. The summed E-state index contributed by atoms with van der Waals surface area (Å²) in [6, 6.07) is -1.11. The SMILES string of the molecule is COC(=O)C(F)(F)CC(N)CO. The van der Waals surface area contributed by atoms with E-state index in [4.69, 9.17) is 10.8 Å². The van der Waals surface area contributed by atoms with Gasteiger partial charge >= 0.3 is 11.9 Å². The van der Waals surface area contributed by atoms with Crippen LogP contribution in [0.25, 0.3) is 0 Å². The van der Waals surface area contributed by atoms with Gasteiger partial charge in [0.25, 0.3) is 0 Å². The minimum Gasteiger partial charge on any atom is -0.465 e. The van der Waals surface area contributed by atoms with Crippen molar-refractivity contribution in [1.82, 2.24) is 0 Å². The summed E-state index contributed by atoms with van der Waals surface area (Å²) < 4.78 is 29.0. The van der Waals surface area contributed by atoms with E-state index in [1.165, 1.54) is 0 Å². The lowest BCUT2D eigenvalue weighted by Gasteiger charge is -2.16. The highest BCUT2D eigenvalue weighted by Gasteiger charge is 2.41. The van der Waals surface area contributed by atoms with E-state index in [9.17, 15) is 13.6 Å². The van der Waals surface area contributed by atoms with Crippen LogP contribution < -0.4 is 5.73 Å². The summed E-state index contributed by atoms with van der Waals surface area (Å²) >= 11 is 0. The van der Waals surface area contributed by atoms with Crippen LogP contribution in [0.2, 0.25) is 0 Å². The Morgan fingerprint density at radius 1 is 1.75 bits per heavy atom. The summed E-state index contributed by atoms with van der Waals surface area (Å²) in [5, 5.41) is 8.34. The molecule has 0 aromatic heterocycles. The van der Waals surface area contributed by atoms with Gasteiger partial charge in [-0.1, -0.05) is 0 Å². The largest absolute Gasteiger partial charge is 0.465 e. The second-order valence-electron chi connectivity index (χ2n) is 2.34. The normalized spacial score (nSPS) is 14.1. The van der Waals surface area contributed by atoms with E-state index < -0.39 is 31.0 Å². The fourth-order valence-corrected chi connectivity index (χ4v) is 0.626. The summed E-state index contributed by atoms with van der Waals surface area (Å²) in [5.41, 5.74) is 5.01. The second kappa shape index (κ2) is 4.32. The van der Waals surface area contributed by atoms with Crippen molar-refractivity contribution in [2.75, 3.05) is 13.7 Å². The molecule has 3 N–H and O–H groups in total. The minimum absolute atomic E-state index is 0.591. The topological polar surface area (TPSA) is 72.5 Å². The molecule has 0 heterocycles. The van der Waals surface area contributed by atoms with Gasteiger partial charge in [-0.3, -0.25) is 0 Å². The molecule has 0 aromatic carbocycles. The van der Waals surface area contributed by atoms with Crippen molar-refractivity contribution in [3.05, 3.63) is 0 Å². The lowest BCUT2D eigenvalue weighted by atomic mass is 10.1. The molecular formula is C6H11F2NO3. The van der Waals surface area contributed by atoms with Crippen molar-refractivity contribution in [1.29, 1.82) is 0 Å². The van der Waals surface area contributed by atoms with Crippen LogP contribution in [0.4, 0.5) is 8.78 Å². The highest BCUT2D eigenvalue weighted by atomic mass is 19.3. The zero-order valence-electron chi connectivity index (χ0n) is 6.59. The lowest BCUT2D eigenvalue weighted by molar-refractivity contribution is -0.170. The third kappa shape index (κ3) is 3.10. The molecule has 0 aliphatic heterocycles. The Morgan fingerprint density at radius 2 is 2.25 bits per heavy atom. The molecule has 0 aromatic rings. The number of alkyl halides is 2. The molecule has 0 amide bonds. The third-order valence-corrected chi connectivity index (χ3v) is 1.24. The van der Waals surface area contributed by atoms with Crippen LogP contribution in [0.15, 0.2) is 0 Å². The Balaban J connectivity index is 4.11. The molecule has 0 saturated carbocycles. The number of halogens is 2. The van der Waals surface area contributed by atoms with Gasteiger partial charge in [-0.05, 0) is 0 Å². The van der Waals surface area contributed by atoms with E-state index >= 15 is 0 Å². The van der Waals surface area contributed by atoms with Crippen molar-refractivity contribution in [3.8, 4) is 0 Å². The van der Waals surface area contributed by atoms with Crippen LogP contribution in [0, 0.1) is 0 Å². The van der Waals surface area contributed by atoms with Gasteiger partial charge in [0, 0.05) is 12.5 Å². The molecular weight excluding hydrogens is 172 g/mol. The Hall–Kier alpha value is -0.750. The third-order valence-electron chi connectivity index (χ3n) is 1.24. The number of hydrogen-bond acceptors (Lipinski definition) is 4. The van der Waals surface area contributed by atoms with Crippen molar-refractivity contribution in [3.63, 3.8) is 0 Å². The molecule has 6 heteroatoms. The van der Waals surface area contributed by atoms with Gasteiger partial charge in [0.1, 0.15) is 0 Å². The quantitative estimate of drug-likeness (QED) is 0.576. The molecule has 0 aliphatic rings. The van der Waals surface area contributed by atoms with Crippen molar-refractivity contribution in [2.45, 2.75) is 18.4 Å². The van der Waals surface area contributed by atoms with Gasteiger partial charge in [0.2, 0.25) is 0 Å². The Labute approximate surface area is 68.3 Å². The van der Waals surface area contributed by atoms with E-state index in [-0.39, 0.29) is 0 Å². The molecule has 1 atom stereocenters. The van der Waals surface area contributed by atoms with Gasteiger partial charge < -0.3 is 15.6 Å². The lowest BCUT2D eigenvalue weighted by Crippen LogP contribution is -2.39. The summed E-state index contributed by atoms with van der Waals surface area (Å²) in [6.45, 7) is -0.591. The summed E-state index contributed by atoms with van der Waals surface area (Å²) in [5.74, 6) is -5.25. The monoisotopic (exact) mass is 183 g/mol. The van der Waals surface area contributed by atoms with E-state index in [0.717, 1.165) is 7.11 Å². The molecule has 0 rings (SSSR count). The van der Waals surface area contributed by atoms with Crippen LogP contribution >= 0.6 is 0 Å². The molecule has 0 radical (unpaired) electrons. The number of aliphatic hydroxyl groups is 1. The number of methoxy groups -OCH3 is 1. The standard InChI is InChI=1S/C6H11F2NO3/c1-12-5(11)6(7,8)2-4(9)3-10/h4,10H,2-3,9H2,1H3. The van der Waals surface area contributed by atoms with E-state index in [1.54, 1.807) is 0 Å². The van der Waals surface area contributed by atoms with Gasteiger partial charge in [0.15, 0.2) is 0 Å². The first-order chi connectivity index (χ1) is 5.44. The average Bonchev–Trinajstić information content (AvgIpc) is 2.02. The van der Waals surface area contributed by atoms with E-state index in [1.807, 2.05) is 0 Å². The number of nitrogens with two attached hydrogens (primary N) is 1. The average molecular weight is 183 g/mol. The van der Waals surface area contributed by atoms with Gasteiger partial charge in [0.05, 0.1) is 13.7 Å². The number of aliphatic hydroxyl groups excluding tert-OH is 1. The zero-order valence-corrected chi connectivity index (χ0v) is 6.59. The van der Waals surface area contributed by atoms with E-state index in [0.29, 0.717) is 0 Å². The van der Waals surface area contributed by atoms with E-state index in [2.05, 4.69) is 4.74 Å². The summed E-state index contributed by atoms with van der Waals surface area (Å²) in [7, 11) is 0.862. The molecule has 72 valence electrons. The predicted molar refractivity (Wildman–Crippen MR) is 36.6 cm³/mol. The first-order valence-electron chi connectivity index (χ1n) is 3.26. The first kappa shape index (κ1) is 11.2. The second-order valence-corrected chi connectivity index (χ2v) is 2.34. The number of carbonyl (C=O) groups is 1. The maximum atomic E-state index is 12.6. The molecule has 0 saturated heterocycles. The highest BCUT2D eigenvalue weighted by molar-refractivity contribution is 5.77. The van der Waals surface area contributed by atoms with Crippen molar-refractivity contribution in [2.24, 2.45) is 5.73 Å². The molecule has 0 spiro atoms. The van der Waals surface area contributed by atoms with Gasteiger partial charge in [-0.2, -0.15) is 8.78 Å². The minimum atomic E-state index is -3.61. The van der Waals surface area contributed by atoms with Crippen LogP contribution in [0.1, 0.15) is 6.42 Å². The summed E-state index contributed by atoms with van der Waals surface area (Å²) in [4.78, 5) is 10.4. The summed E-state index contributed by atoms with van der Waals surface area (Å²) in [6.07, 6.45) is -0.907. The van der Waals surface area contributed by atoms with Crippen molar-refractivity contribution < 1.29 is 23.4 Å². The fourth-order valence-electron chi connectivity index (χ4n) is 0.626. The smallest absolute Gasteiger partial charge is 0.376 e. The zero-order chi connectivity index (χ0) is 9.78. The maximum Gasteiger partial charge on any atom is 0.376 e. The Bertz CT molecular complexity index is 163. The Morgan fingerprint density at radius 3 is 2.58 bits per heavy atom. The molecule has 12 heavy (non-hydrogen) atoms. The molecule has 0 aliphatic carbocycles. The molecule has 0 fully saturated rings.